The Kier molecular flexibility index (Phi) is 3.74. The Balaban J connectivity index is 2.38. The van der Waals surface area contributed by atoms with E-state index < -0.39 is 0 Å². The van der Waals surface area contributed by atoms with Crippen LogP contribution < -0.4 is 5.32 Å². The molecule has 1 N–H and O–H groups in total. The Morgan fingerprint density at radius 1 is 1.17 bits per heavy atom. The highest BCUT2D eigenvalue weighted by atomic mass is 16.2. The van der Waals surface area contributed by atoms with E-state index in [1.165, 1.54) is 5.56 Å². The van der Waals surface area contributed by atoms with Crippen molar-refractivity contribution in [1.82, 2.24) is 5.32 Å². The molecule has 0 bridgehead atoms. The lowest BCUT2D eigenvalue weighted by molar-refractivity contribution is -0.138. The van der Waals surface area contributed by atoms with E-state index in [0.29, 0.717) is 5.92 Å². The van der Waals surface area contributed by atoms with E-state index >= 15 is 0 Å². The zero-order valence-corrected chi connectivity index (χ0v) is 11.6. The molecule has 0 spiro atoms. The quantitative estimate of drug-likeness (QED) is 0.869. The van der Waals surface area contributed by atoms with E-state index in [-0.39, 0.29) is 17.2 Å². The standard InChI is InChI=1S/C16H23NO/c1-12(2)16(10-7-11-17-15(16)18)13(3)14-8-5-4-6-9-14/h4-6,8-9,12-13H,7,10-11H2,1-3H3,(H,17,18). The summed E-state index contributed by atoms with van der Waals surface area (Å²) in [6.45, 7) is 7.36. The third-order valence-electron chi connectivity index (χ3n) is 4.58. The van der Waals surface area contributed by atoms with E-state index in [2.05, 4.69) is 50.4 Å². The first-order valence-corrected chi connectivity index (χ1v) is 6.92. The molecule has 1 amide bonds. The Hall–Kier alpha value is -1.31. The van der Waals surface area contributed by atoms with Gasteiger partial charge in [0, 0.05) is 6.54 Å². The number of carbonyl (C=O) groups is 1. The van der Waals surface area contributed by atoms with Gasteiger partial charge in [0.15, 0.2) is 0 Å². The van der Waals surface area contributed by atoms with Crippen LogP contribution in [0.3, 0.4) is 0 Å². The fourth-order valence-corrected chi connectivity index (χ4v) is 3.36. The van der Waals surface area contributed by atoms with Gasteiger partial charge in [0.1, 0.15) is 0 Å². The predicted molar refractivity (Wildman–Crippen MR) is 74.4 cm³/mol. The summed E-state index contributed by atoms with van der Waals surface area (Å²) in [7, 11) is 0. The topological polar surface area (TPSA) is 29.1 Å². The van der Waals surface area contributed by atoms with Crippen molar-refractivity contribution in [1.29, 1.82) is 0 Å². The van der Waals surface area contributed by atoms with Crippen molar-refractivity contribution in [2.24, 2.45) is 11.3 Å². The average molecular weight is 245 g/mol. The highest BCUT2D eigenvalue weighted by Gasteiger charge is 2.47. The number of amides is 1. The minimum Gasteiger partial charge on any atom is -0.356 e. The number of hydrogen-bond donors (Lipinski definition) is 1. The van der Waals surface area contributed by atoms with Crippen LogP contribution in [-0.2, 0) is 4.79 Å². The van der Waals surface area contributed by atoms with Crippen LogP contribution in [0.25, 0.3) is 0 Å². The van der Waals surface area contributed by atoms with Gasteiger partial charge in [-0.3, -0.25) is 4.79 Å². The van der Waals surface area contributed by atoms with Gasteiger partial charge < -0.3 is 5.32 Å². The minimum atomic E-state index is -0.250. The second-order valence-electron chi connectivity index (χ2n) is 5.69. The Bertz CT molecular complexity index is 412. The van der Waals surface area contributed by atoms with Crippen LogP contribution in [0.2, 0.25) is 0 Å². The molecule has 0 saturated carbocycles. The summed E-state index contributed by atoms with van der Waals surface area (Å²) >= 11 is 0. The fraction of sp³-hybridized carbons (Fsp3) is 0.562. The van der Waals surface area contributed by atoms with Crippen LogP contribution in [0.4, 0.5) is 0 Å². The molecule has 2 nitrogen and oxygen atoms in total. The Morgan fingerprint density at radius 3 is 2.39 bits per heavy atom. The summed E-state index contributed by atoms with van der Waals surface area (Å²) < 4.78 is 0. The van der Waals surface area contributed by atoms with Gasteiger partial charge in [0.25, 0.3) is 0 Å². The molecule has 2 rings (SSSR count). The van der Waals surface area contributed by atoms with Crippen molar-refractivity contribution < 1.29 is 4.79 Å². The van der Waals surface area contributed by atoms with Crippen molar-refractivity contribution in [3.05, 3.63) is 35.9 Å². The molecule has 1 aromatic carbocycles. The Morgan fingerprint density at radius 2 is 1.83 bits per heavy atom. The smallest absolute Gasteiger partial charge is 0.227 e. The van der Waals surface area contributed by atoms with E-state index in [1.54, 1.807) is 0 Å². The van der Waals surface area contributed by atoms with E-state index in [1.807, 2.05) is 6.07 Å². The monoisotopic (exact) mass is 245 g/mol. The molecular weight excluding hydrogens is 222 g/mol. The molecular formula is C16H23NO. The molecule has 2 unspecified atom stereocenters. The van der Waals surface area contributed by atoms with Crippen LogP contribution in [0.1, 0.15) is 45.1 Å². The molecule has 98 valence electrons. The maximum Gasteiger partial charge on any atom is 0.227 e. The van der Waals surface area contributed by atoms with Crippen molar-refractivity contribution in [3.63, 3.8) is 0 Å². The third kappa shape index (κ3) is 2.05. The molecule has 0 aromatic heterocycles. The molecule has 2 atom stereocenters. The fourth-order valence-electron chi connectivity index (χ4n) is 3.36. The first-order chi connectivity index (χ1) is 8.59. The SMILES string of the molecule is CC(C)C1(C(C)c2ccccc2)CCCNC1=O. The van der Waals surface area contributed by atoms with Gasteiger partial charge in [0.2, 0.25) is 5.91 Å². The van der Waals surface area contributed by atoms with Gasteiger partial charge in [-0.2, -0.15) is 0 Å². The molecule has 1 saturated heterocycles. The van der Waals surface area contributed by atoms with Crippen LogP contribution in [0, 0.1) is 11.3 Å². The molecule has 0 radical (unpaired) electrons. The van der Waals surface area contributed by atoms with Crippen molar-refractivity contribution >= 4 is 5.91 Å². The average Bonchev–Trinajstić information content (AvgIpc) is 2.39. The number of hydrogen-bond acceptors (Lipinski definition) is 1. The molecule has 1 aliphatic rings. The predicted octanol–water partition coefficient (Wildman–Crippen LogP) is 3.34. The molecule has 1 aliphatic heterocycles. The Labute approximate surface area is 110 Å². The van der Waals surface area contributed by atoms with Gasteiger partial charge >= 0.3 is 0 Å². The number of piperidine rings is 1. The number of benzene rings is 1. The first kappa shape index (κ1) is 13.1. The molecule has 18 heavy (non-hydrogen) atoms. The summed E-state index contributed by atoms with van der Waals surface area (Å²) in [5.74, 6) is 0.854. The summed E-state index contributed by atoms with van der Waals surface area (Å²) in [5.41, 5.74) is 1.02. The van der Waals surface area contributed by atoms with E-state index in [4.69, 9.17) is 0 Å². The maximum absolute atomic E-state index is 12.5. The molecule has 2 heteroatoms. The van der Waals surface area contributed by atoms with E-state index in [9.17, 15) is 4.79 Å². The highest BCUT2D eigenvalue weighted by Crippen LogP contribution is 2.47. The maximum atomic E-state index is 12.5. The highest BCUT2D eigenvalue weighted by molar-refractivity contribution is 5.84. The lowest BCUT2D eigenvalue weighted by atomic mass is 9.62. The van der Waals surface area contributed by atoms with Gasteiger partial charge in [-0.15, -0.1) is 0 Å². The van der Waals surface area contributed by atoms with Gasteiger partial charge in [-0.25, -0.2) is 0 Å². The molecule has 1 aromatic rings. The van der Waals surface area contributed by atoms with Crippen LogP contribution >= 0.6 is 0 Å². The van der Waals surface area contributed by atoms with Gasteiger partial charge in [-0.05, 0) is 30.2 Å². The summed E-state index contributed by atoms with van der Waals surface area (Å²) in [6, 6.07) is 10.4. The number of rotatable bonds is 3. The lowest BCUT2D eigenvalue weighted by Gasteiger charge is -2.44. The zero-order chi connectivity index (χ0) is 13.2. The molecule has 1 fully saturated rings. The second-order valence-corrected chi connectivity index (χ2v) is 5.69. The third-order valence-corrected chi connectivity index (χ3v) is 4.58. The second kappa shape index (κ2) is 5.13. The van der Waals surface area contributed by atoms with Crippen LogP contribution in [0.15, 0.2) is 30.3 Å². The summed E-state index contributed by atoms with van der Waals surface area (Å²) in [6.07, 6.45) is 2.08. The largest absolute Gasteiger partial charge is 0.356 e. The molecule has 0 aliphatic carbocycles. The van der Waals surface area contributed by atoms with Crippen molar-refractivity contribution in [3.8, 4) is 0 Å². The molecule has 1 heterocycles. The van der Waals surface area contributed by atoms with Gasteiger partial charge in [0.05, 0.1) is 5.41 Å². The summed E-state index contributed by atoms with van der Waals surface area (Å²) in [4.78, 5) is 12.5. The normalized spacial score (nSPS) is 25.9. The van der Waals surface area contributed by atoms with Crippen LogP contribution in [-0.4, -0.2) is 12.5 Å². The first-order valence-electron chi connectivity index (χ1n) is 6.92. The number of nitrogens with one attached hydrogen (secondary N) is 1. The van der Waals surface area contributed by atoms with Crippen molar-refractivity contribution in [2.45, 2.75) is 39.5 Å². The summed E-state index contributed by atoms with van der Waals surface area (Å²) in [5, 5.41) is 3.07. The van der Waals surface area contributed by atoms with E-state index in [0.717, 1.165) is 19.4 Å². The zero-order valence-electron chi connectivity index (χ0n) is 11.6. The van der Waals surface area contributed by atoms with Gasteiger partial charge in [-0.1, -0.05) is 51.1 Å². The van der Waals surface area contributed by atoms with Crippen LogP contribution in [0.5, 0.6) is 0 Å². The minimum absolute atomic E-state index is 0.236. The van der Waals surface area contributed by atoms with Crippen molar-refractivity contribution in [2.75, 3.05) is 6.54 Å². The number of carbonyl (C=O) groups excluding carboxylic acids is 1. The lowest BCUT2D eigenvalue weighted by Crippen LogP contribution is -2.51.